The lowest BCUT2D eigenvalue weighted by Gasteiger charge is -2.34. The number of nitrogens with one attached hydrogen (secondary N) is 1. The standard InChI is InChI=1S/C22H20F3NO4/c23-22(24,25)17-6-4-5-14(11-17)18-12-15(7-8-16(18)13-27)19(28)26-21(20(29)30)9-2-1-3-10-21/h4-8,11-13H,1-3,9-10H2,(H,26,28)(H,29,30). The van der Waals surface area contributed by atoms with Gasteiger partial charge in [0.15, 0.2) is 6.29 Å². The molecular weight excluding hydrogens is 399 g/mol. The zero-order valence-corrected chi connectivity index (χ0v) is 16.0. The second kappa shape index (κ2) is 8.30. The summed E-state index contributed by atoms with van der Waals surface area (Å²) in [5.74, 6) is -1.76. The van der Waals surface area contributed by atoms with E-state index in [4.69, 9.17) is 0 Å². The highest BCUT2D eigenvalue weighted by molar-refractivity contribution is 6.00. The molecule has 1 saturated carbocycles. The molecule has 2 aromatic carbocycles. The molecule has 0 heterocycles. The molecule has 1 amide bonds. The molecule has 30 heavy (non-hydrogen) atoms. The summed E-state index contributed by atoms with van der Waals surface area (Å²) in [6, 6.07) is 8.47. The smallest absolute Gasteiger partial charge is 0.416 e. The molecule has 0 radical (unpaired) electrons. The summed E-state index contributed by atoms with van der Waals surface area (Å²) < 4.78 is 39.2. The van der Waals surface area contributed by atoms with E-state index >= 15 is 0 Å². The molecule has 0 unspecified atom stereocenters. The molecule has 5 nitrogen and oxygen atoms in total. The molecule has 1 fully saturated rings. The largest absolute Gasteiger partial charge is 0.480 e. The number of hydrogen-bond acceptors (Lipinski definition) is 3. The van der Waals surface area contributed by atoms with Crippen LogP contribution in [0.15, 0.2) is 42.5 Å². The third-order valence-corrected chi connectivity index (χ3v) is 5.41. The van der Waals surface area contributed by atoms with Crippen LogP contribution < -0.4 is 5.32 Å². The Morgan fingerprint density at radius 1 is 1.03 bits per heavy atom. The van der Waals surface area contributed by atoms with Gasteiger partial charge in [-0.05, 0) is 48.2 Å². The zero-order valence-electron chi connectivity index (χ0n) is 16.0. The fourth-order valence-corrected chi connectivity index (χ4v) is 3.75. The van der Waals surface area contributed by atoms with Crippen LogP contribution in [0.3, 0.4) is 0 Å². The van der Waals surface area contributed by atoms with Gasteiger partial charge in [0, 0.05) is 11.1 Å². The molecule has 0 aliphatic heterocycles. The number of carboxylic acid groups (broad SMARTS) is 1. The number of halogens is 3. The van der Waals surface area contributed by atoms with Crippen molar-refractivity contribution in [2.24, 2.45) is 0 Å². The van der Waals surface area contributed by atoms with Crippen molar-refractivity contribution in [3.8, 4) is 11.1 Å². The van der Waals surface area contributed by atoms with Gasteiger partial charge in [-0.2, -0.15) is 13.2 Å². The number of alkyl halides is 3. The minimum Gasteiger partial charge on any atom is -0.480 e. The first kappa shape index (κ1) is 21.5. The lowest BCUT2D eigenvalue weighted by Crippen LogP contribution is -2.55. The highest BCUT2D eigenvalue weighted by Crippen LogP contribution is 2.34. The third-order valence-electron chi connectivity index (χ3n) is 5.41. The Hall–Kier alpha value is -3.16. The molecule has 0 bridgehead atoms. The molecule has 0 spiro atoms. The molecule has 0 saturated heterocycles. The van der Waals surface area contributed by atoms with E-state index in [1.807, 2.05) is 0 Å². The fourth-order valence-electron chi connectivity index (χ4n) is 3.75. The normalized spacial score (nSPS) is 16.0. The second-order valence-corrected chi connectivity index (χ2v) is 7.40. The SMILES string of the molecule is O=Cc1ccc(C(=O)NC2(C(=O)O)CCCCC2)cc1-c1cccc(C(F)(F)F)c1. The van der Waals surface area contributed by atoms with Crippen LogP contribution in [0, 0.1) is 0 Å². The number of benzene rings is 2. The van der Waals surface area contributed by atoms with Crippen LogP contribution in [0.25, 0.3) is 11.1 Å². The van der Waals surface area contributed by atoms with Gasteiger partial charge in [-0.25, -0.2) is 4.79 Å². The van der Waals surface area contributed by atoms with Crippen molar-refractivity contribution in [2.45, 2.75) is 43.8 Å². The minimum atomic E-state index is -4.55. The van der Waals surface area contributed by atoms with Crippen LogP contribution in [0.1, 0.15) is 58.4 Å². The average Bonchev–Trinajstić information content (AvgIpc) is 2.73. The lowest BCUT2D eigenvalue weighted by atomic mass is 9.81. The van der Waals surface area contributed by atoms with Gasteiger partial charge < -0.3 is 10.4 Å². The summed E-state index contributed by atoms with van der Waals surface area (Å²) in [7, 11) is 0. The van der Waals surface area contributed by atoms with E-state index in [9.17, 15) is 32.7 Å². The maximum Gasteiger partial charge on any atom is 0.416 e. The van der Waals surface area contributed by atoms with Gasteiger partial charge in [-0.1, -0.05) is 37.5 Å². The summed E-state index contributed by atoms with van der Waals surface area (Å²) in [6.07, 6.45) is -1.21. The van der Waals surface area contributed by atoms with E-state index in [-0.39, 0.29) is 22.3 Å². The maximum atomic E-state index is 13.1. The van der Waals surface area contributed by atoms with E-state index in [0.29, 0.717) is 32.0 Å². The van der Waals surface area contributed by atoms with Crippen molar-refractivity contribution in [2.75, 3.05) is 0 Å². The highest BCUT2D eigenvalue weighted by atomic mass is 19.4. The number of hydrogen-bond donors (Lipinski definition) is 2. The Balaban J connectivity index is 1.98. The van der Waals surface area contributed by atoms with E-state index in [0.717, 1.165) is 18.6 Å². The van der Waals surface area contributed by atoms with Crippen molar-refractivity contribution in [1.29, 1.82) is 0 Å². The summed E-state index contributed by atoms with van der Waals surface area (Å²) in [4.78, 5) is 36.0. The Kier molecular flexibility index (Phi) is 5.96. The molecule has 3 rings (SSSR count). The molecule has 158 valence electrons. The molecule has 2 aromatic rings. The van der Waals surface area contributed by atoms with Crippen molar-refractivity contribution in [3.05, 3.63) is 59.2 Å². The Morgan fingerprint density at radius 2 is 1.73 bits per heavy atom. The first-order valence-electron chi connectivity index (χ1n) is 9.49. The third kappa shape index (κ3) is 4.37. The van der Waals surface area contributed by atoms with Crippen LogP contribution >= 0.6 is 0 Å². The number of amides is 1. The van der Waals surface area contributed by atoms with Gasteiger partial charge in [-0.3, -0.25) is 9.59 Å². The van der Waals surface area contributed by atoms with E-state index in [2.05, 4.69) is 5.32 Å². The van der Waals surface area contributed by atoms with Crippen molar-refractivity contribution < 1.29 is 32.7 Å². The number of rotatable bonds is 5. The first-order valence-corrected chi connectivity index (χ1v) is 9.49. The van der Waals surface area contributed by atoms with Gasteiger partial charge in [0.05, 0.1) is 5.56 Å². The van der Waals surface area contributed by atoms with Gasteiger partial charge in [0.25, 0.3) is 5.91 Å². The van der Waals surface area contributed by atoms with E-state index in [1.165, 1.54) is 30.3 Å². The molecule has 0 aromatic heterocycles. The van der Waals surface area contributed by atoms with Crippen LogP contribution in [-0.4, -0.2) is 28.8 Å². The lowest BCUT2D eigenvalue weighted by molar-refractivity contribution is -0.146. The van der Waals surface area contributed by atoms with E-state index in [1.54, 1.807) is 0 Å². The molecule has 1 aliphatic rings. The number of carboxylic acids is 1. The Bertz CT molecular complexity index is 979. The van der Waals surface area contributed by atoms with E-state index < -0.39 is 29.2 Å². The Labute approximate surface area is 170 Å². The maximum absolute atomic E-state index is 13.1. The van der Waals surface area contributed by atoms with Gasteiger partial charge in [0.1, 0.15) is 5.54 Å². The molecular formula is C22H20F3NO4. The van der Waals surface area contributed by atoms with Gasteiger partial charge in [0.2, 0.25) is 0 Å². The number of aldehydes is 1. The molecule has 2 N–H and O–H groups in total. The van der Waals surface area contributed by atoms with Crippen molar-refractivity contribution in [1.82, 2.24) is 5.32 Å². The number of carbonyl (C=O) groups excluding carboxylic acids is 2. The van der Waals surface area contributed by atoms with Gasteiger partial charge >= 0.3 is 12.1 Å². The topological polar surface area (TPSA) is 83.5 Å². The van der Waals surface area contributed by atoms with Crippen molar-refractivity contribution in [3.63, 3.8) is 0 Å². The van der Waals surface area contributed by atoms with Gasteiger partial charge in [-0.15, -0.1) is 0 Å². The monoisotopic (exact) mass is 419 g/mol. The Morgan fingerprint density at radius 3 is 2.33 bits per heavy atom. The van der Waals surface area contributed by atoms with Crippen LogP contribution in [-0.2, 0) is 11.0 Å². The quantitative estimate of drug-likeness (QED) is 0.688. The number of carbonyl (C=O) groups is 3. The second-order valence-electron chi connectivity index (χ2n) is 7.40. The van der Waals surface area contributed by atoms with Crippen LogP contribution in [0.2, 0.25) is 0 Å². The zero-order chi connectivity index (χ0) is 21.9. The minimum absolute atomic E-state index is 0.0687. The molecule has 8 heteroatoms. The molecule has 1 aliphatic carbocycles. The molecule has 0 atom stereocenters. The summed E-state index contributed by atoms with van der Waals surface area (Å²) >= 11 is 0. The summed E-state index contributed by atoms with van der Waals surface area (Å²) in [6.45, 7) is 0. The summed E-state index contributed by atoms with van der Waals surface area (Å²) in [5, 5.41) is 12.2. The number of aliphatic carboxylic acids is 1. The highest BCUT2D eigenvalue weighted by Gasteiger charge is 2.41. The first-order chi connectivity index (χ1) is 14.2. The summed E-state index contributed by atoms with van der Waals surface area (Å²) in [5.41, 5.74) is -1.76. The predicted octanol–water partition coefficient (Wildman–Crippen LogP) is 4.70. The predicted molar refractivity (Wildman–Crippen MR) is 103 cm³/mol. The average molecular weight is 419 g/mol. The fraction of sp³-hybridized carbons (Fsp3) is 0.318. The van der Waals surface area contributed by atoms with Crippen LogP contribution in [0.4, 0.5) is 13.2 Å². The van der Waals surface area contributed by atoms with Crippen molar-refractivity contribution >= 4 is 18.2 Å². The van der Waals surface area contributed by atoms with Crippen LogP contribution in [0.5, 0.6) is 0 Å².